The van der Waals surface area contributed by atoms with Crippen LogP contribution >= 0.6 is 0 Å². The van der Waals surface area contributed by atoms with Crippen molar-refractivity contribution in [2.24, 2.45) is 0 Å². The summed E-state index contributed by atoms with van der Waals surface area (Å²) in [5.74, 6) is -0.935. The molecule has 1 heterocycles. The number of hydroxylamine groups is 2. The molecule has 0 bridgehead atoms. The summed E-state index contributed by atoms with van der Waals surface area (Å²) in [7, 11) is 0. The second-order valence-electron chi connectivity index (χ2n) is 5.19. The Bertz CT molecular complexity index is 228. The number of unbranched alkanes of at least 4 members (excludes halogenated alkanes) is 4. The molecule has 1 saturated heterocycles. The number of nitrogens with zero attached hydrogens (tertiary/aromatic N) is 1. The summed E-state index contributed by atoms with van der Waals surface area (Å²) in [6.07, 6.45) is 9.02. The van der Waals surface area contributed by atoms with Crippen molar-refractivity contribution in [2.45, 2.75) is 71.3 Å². The zero-order valence-corrected chi connectivity index (χ0v) is 13.0. The highest BCUT2D eigenvalue weighted by molar-refractivity contribution is 5.73. The maximum atomic E-state index is 10.2. The molecular weight excluding hydrogens is 258 g/mol. The second kappa shape index (κ2) is 13.3. The third-order valence-electron chi connectivity index (χ3n) is 3.29. The Kier molecular flexibility index (Phi) is 12.9. The van der Waals surface area contributed by atoms with E-state index >= 15 is 0 Å². The summed E-state index contributed by atoms with van der Waals surface area (Å²) >= 11 is 0. The first-order valence-electron chi connectivity index (χ1n) is 7.89. The fourth-order valence-corrected chi connectivity index (χ4v) is 2.01. The number of carboxylic acids is 1. The fraction of sp³-hybridized carbons (Fsp3) is 0.933. The molecule has 0 amide bonds. The maximum absolute atomic E-state index is 10.2. The number of hydrogen-bond acceptors (Lipinski definition) is 4. The summed E-state index contributed by atoms with van der Waals surface area (Å²) < 4.78 is 5.44. The Morgan fingerprint density at radius 1 is 1.15 bits per heavy atom. The van der Waals surface area contributed by atoms with Crippen LogP contribution in [0.15, 0.2) is 0 Å². The van der Waals surface area contributed by atoms with Gasteiger partial charge in [0.05, 0.1) is 0 Å². The van der Waals surface area contributed by atoms with Gasteiger partial charge >= 0.3 is 5.97 Å². The van der Waals surface area contributed by atoms with Crippen molar-refractivity contribution in [3.8, 4) is 0 Å². The van der Waals surface area contributed by atoms with Gasteiger partial charge in [-0.25, -0.2) is 0 Å². The lowest BCUT2D eigenvalue weighted by Gasteiger charge is -2.11. The molecule has 0 radical (unpaired) electrons. The summed E-state index contributed by atoms with van der Waals surface area (Å²) in [5, 5.41) is 18.1. The molecule has 20 heavy (non-hydrogen) atoms. The second-order valence-corrected chi connectivity index (χ2v) is 5.19. The van der Waals surface area contributed by atoms with Crippen molar-refractivity contribution in [3.63, 3.8) is 0 Å². The normalized spacial score (nSPS) is 18.6. The first kappa shape index (κ1) is 19.4. The van der Waals surface area contributed by atoms with Crippen LogP contribution in [0.2, 0.25) is 0 Å². The third-order valence-corrected chi connectivity index (χ3v) is 3.29. The first-order chi connectivity index (χ1) is 9.63. The molecule has 0 spiro atoms. The van der Waals surface area contributed by atoms with Gasteiger partial charge in [-0.3, -0.25) is 4.79 Å². The third kappa shape index (κ3) is 10.2. The molecule has 0 aromatic carbocycles. The molecule has 0 unspecified atom stereocenters. The highest BCUT2D eigenvalue weighted by Gasteiger charge is 2.28. The predicted molar refractivity (Wildman–Crippen MR) is 79.0 cm³/mol. The summed E-state index contributed by atoms with van der Waals surface area (Å²) in [5.41, 5.74) is 0. The van der Waals surface area contributed by atoms with Crippen LogP contribution in [0.5, 0.6) is 0 Å². The van der Waals surface area contributed by atoms with Crippen LogP contribution in [0.1, 0.15) is 65.2 Å². The molecule has 5 heteroatoms. The van der Waals surface area contributed by atoms with Crippen LogP contribution < -0.4 is 0 Å². The Morgan fingerprint density at radius 2 is 1.70 bits per heavy atom. The quantitative estimate of drug-likeness (QED) is 0.637. The molecule has 0 aromatic heterocycles. The van der Waals surface area contributed by atoms with Crippen molar-refractivity contribution < 1.29 is 19.8 Å². The van der Waals surface area contributed by atoms with Gasteiger partial charge in [-0.1, -0.05) is 39.5 Å². The summed E-state index contributed by atoms with van der Waals surface area (Å²) in [6, 6.07) is -0.662. The molecule has 1 aliphatic rings. The average molecular weight is 289 g/mol. The number of carboxylic acid groups (broad SMARTS) is 1. The zero-order chi connectivity index (χ0) is 15.2. The van der Waals surface area contributed by atoms with Crippen molar-refractivity contribution >= 4 is 5.97 Å². The molecule has 1 rings (SSSR count). The SMILES string of the molecule is CCCCCOCCCCC.O=C(O)[C@@H]1CCCN1O. The molecule has 0 aromatic rings. The van der Waals surface area contributed by atoms with E-state index in [0.29, 0.717) is 13.0 Å². The van der Waals surface area contributed by atoms with Crippen LogP contribution in [0.3, 0.4) is 0 Å². The number of carbonyl (C=O) groups is 1. The molecule has 5 nitrogen and oxygen atoms in total. The number of ether oxygens (including phenoxy) is 1. The highest BCUT2D eigenvalue weighted by Crippen LogP contribution is 2.13. The van der Waals surface area contributed by atoms with Gasteiger partial charge in [0, 0.05) is 19.8 Å². The number of rotatable bonds is 9. The lowest BCUT2D eigenvalue weighted by atomic mass is 10.2. The van der Waals surface area contributed by atoms with Gasteiger partial charge in [-0.2, -0.15) is 5.06 Å². The zero-order valence-electron chi connectivity index (χ0n) is 13.0. The van der Waals surface area contributed by atoms with Crippen LogP contribution in [-0.2, 0) is 9.53 Å². The largest absolute Gasteiger partial charge is 0.480 e. The van der Waals surface area contributed by atoms with Gasteiger partial charge < -0.3 is 15.1 Å². The molecule has 0 aliphatic carbocycles. The smallest absolute Gasteiger partial charge is 0.323 e. The van der Waals surface area contributed by atoms with Gasteiger partial charge in [-0.05, 0) is 25.7 Å². The van der Waals surface area contributed by atoms with Crippen LogP contribution in [0.4, 0.5) is 0 Å². The fourth-order valence-electron chi connectivity index (χ4n) is 2.01. The van der Waals surface area contributed by atoms with Crippen molar-refractivity contribution in [1.29, 1.82) is 0 Å². The van der Waals surface area contributed by atoms with E-state index in [4.69, 9.17) is 15.1 Å². The van der Waals surface area contributed by atoms with Gasteiger partial charge in [0.2, 0.25) is 0 Å². The first-order valence-corrected chi connectivity index (χ1v) is 7.89. The molecule has 1 atom stereocenters. The molecule has 120 valence electrons. The Morgan fingerprint density at radius 3 is 2.00 bits per heavy atom. The molecule has 1 fully saturated rings. The van der Waals surface area contributed by atoms with E-state index in [2.05, 4.69) is 13.8 Å². The molecule has 0 saturated carbocycles. The van der Waals surface area contributed by atoms with E-state index in [-0.39, 0.29) is 0 Å². The predicted octanol–water partition coefficient (Wildman–Crippen LogP) is 3.31. The average Bonchev–Trinajstić information content (AvgIpc) is 2.85. The van der Waals surface area contributed by atoms with E-state index in [0.717, 1.165) is 24.7 Å². The van der Waals surface area contributed by atoms with Crippen molar-refractivity contribution in [2.75, 3.05) is 19.8 Å². The van der Waals surface area contributed by atoms with Crippen molar-refractivity contribution in [1.82, 2.24) is 5.06 Å². The standard InChI is InChI=1S/C10H22O.C5H9NO3/c1-3-5-7-9-11-10-8-6-4-2;7-5(8)4-2-1-3-6(4)9/h3-10H2,1-2H3;4,9H,1-3H2,(H,7,8)/t;4-/m.0/s1. The van der Waals surface area contributed by atoms with E-state index in [1.165, 1.54) is 38.5 Å². The van der Waals surface area contributed by atoms with Gasteiger partial charge in [0.1, 0.15) is 6.04 Å². The minimum Gasteiger partial charge on any atom is -0.480 e. The Hall–Kier alpha value is -0.650. The van der Waals surface area contributed by atoms with E-state index < -0.39 is 12.0 Å². The maximum Gasteiger partial charge on any atom is 0.323 e. The van der Waals surface area contributed by atoms with E-state index in [1.807, 2.05) is 0 Å². The van der Waals surface area contributed by atoms with Crippen LogP contribution in [0, 0.1) is 0 Å². The van der Waals surface area contributed by atoms with E-state index in [9.17, 15) is 4.79 Å². The number of aliphatic carboxylic acids is 1. The van der Waals surface area contributed by atoms with Crippen molar-refractivity contribution in [3.05, 3.63) is 0 Å². The monoisotopic (exact) mass is 289 g/mol. The molecule has 1 aliphatic heterocycles. The lowest BCUT2D eigenvalue weighted by Crippen LogP contribution is -2.32. The topological polar surface area (TPSA) is 70.0 Å². The van der Waals surface area contributed by atoms with Gasteiger partial charge in [-0.15, -0.1) is 0 Å². The summed E-state index contributed by atoms with van der Waals surface area (Å²) in [6.45, 7) is 6.86. The highest BCUT2D eigenvalue weighted by atomic mass is 16.5. The van der Waals surface area contributed by atoms with E-state index in [1.54, 1.807) is 0 Å². The van der Waals surface area contributed by atoms with Gasteiger partial charge in [0.15, 0.2) is 0 Å². The number of hydrogen-bond donors (Lipinski definition) is 2. The Balaban J connectivity index is 0.000000367. The lowest BCUT2D eigenvalue weighted by molar-refractivity contribution is -0.160. The molecule has 2 N–H and O–H groups in total. The summed E-state index contributed by atoms with van der Waals surface area (Å²) in [4.78, 5) is 10.2. The Labute approximate surface area is 122 Å². The van der Waals surface area contributed by atoms with Crippen LogP contribution in [-0.4, -0.2) is 47.1 Å². The minimum absolute atomic E-state index is 0.483. The minimum atomic E-state index is -0.935. The van der Waals surface area contributed by atoms with Crippen LogP contribution in [0.25, 0.3) is 0 Å². The van der Waals surface area contributed by atoms with Gasteiger partial charge in [0.25, 0.3) is 0 Å². The molecular formula is C15H31NO4.